The number of Topliss-reactive ketones (excluding diaryl/α,β-unsaturated/α-hetero) is 1. The lowest BCUT2D eigenvalue weighted by Gasteiger charge is -2.02. The van der Waals surface area contributed by atoms with Crippen molar-refractivity contribution in [3.63, 3.8) is 0 Å². The molecule has 1 aromatic heterocycles. The quantitative estimate of drug-likeness (QED) is 0.540. The van der Waals surface area contributed by atoms with Crippen molar-refractivity contribution in [3.05, 3.63) is 10.6 Å². The van der Waals surface area contributed by atoms with Gasteiger partial charge in [-0.15, -0.1) is 0 Å². The third-order valence-corrected chi connectivity index (χ3v) is 4.76. The number of esters is 1. The van der Waals surface area contributed by atoms with Gasteiger partial charge in [-0.05, 0) is 7.05 Å². The molecular weight excluding hydrogens is 306 g/mol. The van der Waals surface area contributed by atoms with Gasteiger partial charge < -0.3 is 10.1 Å². The monoisotopic (exact) mass is 321 g/mol. The minimum atomic E-state index is -3.32. The molecule has 0 amide bonds. The highest BCUT2D eigenvalue weighted by Gasteiger charge is 2.21. The zero-order valence-electron chi connectivity index (χ0n) is 11.2. The third-order valence-electron chi connectivity index (χ3n) is 2.28. The molecule has 0 radical (unpaired) electrons. The topological polar surface area (TPSA) is 114 Å². The van der Waals surface area contributed by atoms with E-state index in [-0.39, 0.29) is 28.7 Å². The summed E-state index contributed by atoms with van der Waals surface area (Å²) in [6, 6.07) is 0. The summed E-state index contributed by atoms with van der Waals surface area (Å²) in [6.45, 7) is 1.42. The van der Waals surface area contributed by atoms with Crippen LogP contribution in [0.2, 0.25) is 0 Å². The molecule has 0 unspecified atom stereocenters. The summed E-state index contributed by atoms with van der Waals surface area (Å²) in [6.07, 6.45) is 0. The molecule has 0 aromatic carbocycles. The van der Waals surface area contributed by atoms with E-state index in [0.717, 1.165) is 11.3 Å². The Balaban J connectivity index is 2.82. The average molecular weight is 321 g/mol. The van der Waals surface area contributed by atoms with Gasteiger partial charge in [0, 0.05) is 13.5 Å². The second-order valence-corrected chi connectivity index (χ2v) is 6.74. The van der Waals surface area contributed by atoms with Crippen LogP contribution in [0.3, 0.4) is 0 Å². The van der Waals surface area contributed by atoms with Crippen LogP contribution in [0, 0.1) is 0 Å². The van der Waals surface area contributed by atoms with E-state index in [4.69, 9.17) is 0 Å². The predicted molar refractivity (Wildman–Crippen MR) is 74.8 cm³/mol. The number of anilines is 1. The number of sulfonamides is 1. The van der Waals surface area contributed by atoms with E-state index in [1.807, 2.05) is 0 Å². The van der Waals surface area contributed by atoms with E-state index in [1.165, 1.54) is 21.1 Å². The Morgan fingerprint density at radius 2 is 2.05 bits per heavy atom. The van der Waals surface area contributed by atoms with Crippen molar-refractivity contribution in [1.82, 2.24) is 9.71 Å². The molecule has 2 N–H and O–H groups in total. The van der Waals surface area contributed by atoms with Crippen LogP contribution < -0.4 is 10.0 Å². The van der Waals surface area contributed by atoms with Crippen molar-refractivity contribution >= 4 is 38.2 Å². The van der Waals surface area contributed by atoms with Crippen LogP contribution in [0.5, 0.6) is 0 Å². The van der Waals surface area contributed by atoms with Gasteiger partial charge in [-0.1, -0.05) is 11.3 Å². The molecule has 0 saturated heterocycles. The molecule has 0 spiro atoms. The average Bonchev–Trinajstić information content (AvgIpc) is 2.82. The molecule has 0 aliphatic heterocycles. The fourth-order valence-corrected chi connectivity index (χ4v) is 2.71. The van der Waals surface area contributed by atoms with Gasteiger partial charge in [-0.3, -0.25) is 4.79 Å². The van der Waals surface area contributed by atoms with Crippen molar-refractivity contribution in [2.24, 2.45) is 0 Å². The molecule has 8 nitrogen and oxygen atoms in total. The van der Waals surface area contributed by atoms with Gasteiger partial charge in [0.1, 0.15) is 4.88 Å². The largest absolute Gasteiger partial charge is 0.464 e. The second kappa shape index (κ2) is 6.77. The number of carbonyl (C=O) groups excluding carboxylic acids is 2. The number of hydrogen-bond acceptors (Lipinski definition) is 8. The Labute approximate surface area is 120 Å². The molecular formula is C10H15N3O5S2. The van der Waals surface area contributed by atoms with Crippen molar-refractivity contribution in [1.29, 1.82) is 0 Å². The van der Waals surface area contributed by atoms with Gasteiger partial charge in [-0.25, -0.2) is 22.9 Å². The van der Waals surface area contributed by atoms with E-state index in [9.17, 15) is 18.0 Å². The van der Waals surface area contributed by atoms with Gasteiger partial charge in [0.2, 0.25) is 10.0 Å². The minimum absolute atomic E-state index is 0.0658. The zero-order chi connectivity index (χ0) is 15.3. The van der Waals surface area contributed by atoms with Gasteiger partial charge in [0.25, 0.3) is 0 Å². The lowest BCUT2D eigenvalue weighted by molar-refractivity contribution is 0.0591. The number of aromatic nitrogens is 1. The molecule has 0 aliphatic rings. The number of nitrogens with zero attached hydrogens (tertiary/aromatic N) is 1. The summed E-state index contributed by atoms with van der Waals surface area (Å²) >= 11 is 0.982. The number of thiazole rings is 1. The lowest BCUT2D eigenvalue weighted by atomic mass is 10.3. The minimum Gasteiger partial charge on any atom is -0.464 e. The lowest BCUT2D eigenvalue weighted by Crippen LogP contribution is -2.26. The number of carbonyl (C=O) groups is 2. The zero-order valence-corrected chi connectivity index (χ0v) is 12.9. The first kappa shape index (κ1) is 16.5. The van der Waals surface area contributed by atoms with Crippen LogP contribution >= 0.6 is 11.3 Å². The Morgan fingerprint density at radius 3 is 2.55 bits per heavy atom. The molecule has 112 valence electrons. The van der Waals surface area contributed by atoms with E-state index < -0.39 is 16.0 Å². The molecule has 20 heavy (non-hydrogen) atoms. The van der Waals surface area contributed by atoms with E-state index in [1.54, 1.807) is 0 Å². The Bertz CT molecular complexity index is 608. The first-order chi connectivity index (χ1) is 9.30. The van der Waals surface area contributed by atoms with Crippen LogP contribution in [-0.2, 0) is 14.8 Å². The summed E-state index contributed by atoms with van der Waals surface area (Å²) in [7, 11) is -0.810. The van der Waals surface area contributed by atoms with Crippen molar-refractivity contribution in [2.45, 2.75) is 6.92 Å². The summed E-state index contributed by atoms with van der Waals surface area (Å²) in [4.78, 5) is 27.0. The van der Waals surface area contributed by atoms with Crippen molar-refractivity contribution in [2.75, 3.05) is 31.8 Å². The molecule has 1 heterocycles. The number of hydrogen-bond donors (Lipinski definition) is 2. The highest BCUT2D eigenvalue weighted by molar-refractivity contribution is 7.89. The van der Waals surface area contributed by atoms with Crippen LogP contribution in [-0.4, -0.2) is 51.6 Å². The van der Waals surface area contributed by atoms with Crippen LogP contribution in [0.15, 0.2) is 0 Å². The summed E-state index contributed by atoms with van der Waals surface area (Å²) < 4.78 is 29.2. The maximum absolute atomic E-state index is 11.5. The smallest absolute Gasteiger partial charge is 0.358 e. The second-order valence-electron chi connectivity index (χ2n) is 3.69. The summed E-state index contributed by atoms with van der Waals surface area (Å²) in [5.74, 6) is -1.16. The number of nitrogens with one attached hydrogen (secondary N) is 2. The van der Waals surface area contributed by atoms with Gasteiger partial charge in [0.15, 0.2) is 16.6 Å². The van der Waals surface area contributed by atoms with Crippen molar-refractivity contribution < 1.29 is 22.7 Å². The SMILES string of the molecule is CNS(=O)(=O)CCNc1nc(C(=O)OC)c(C(C)=O)s1. The van der Waals surface area contributed by atoms with Crippen LogP contribution in [0.1, 0.15) is 27.1 Å². The predicted octanol–water partition coefficient (Wildman–Crippen LogP) is 0.0934. The molecule has 0 bridgehead atoms. The number of ether oxygens (including phenoxy) is 1. The van der Waals surface area contributed by atoms with E-state index in [0.29, 0.717) is 5.13 Å². The van der Waals surface area contributed by atoms with Crippen molar-refractivity contribution in [3.8, 4) is 0 Å². The summed E-state index contributed by atoms with van der Waals surface area (Å²) in [5.41, 5.74) is -0.0658. The Morgan fingerprint density at radius 1 is 1.40 bits per heavy atom. The van der Waals surface area contributed by atoms with E-state index >= 15 is 0 Å². The first-order valence-corrected chi connectivity index (χ1v) is 8.02. The first-order valence-electron chi connectivity index (χ1n) is 5.56. The highest BCUT2D eigenvalue weighted by atomic mass is 32.2. The number of methoxy groups -OCH3 is 1. The Kier molecular flexibility index (Phi) is 5.60. The highest BCUT2D eigenvalue weighted by Crippen LogP contribution is 2.24. The molecule has 1 rings (SSSR count). The third kappa shape index (κ3) is 4.25. The molecule has 10 heteroatoms. The molecule has 0 saturated carbocycles. The number of ketones is 1. The fourth-order valence-electron chi connectivity index (χ4n) is 1.26. The standard InChI is InChI=1S/C10H15N3O5S2/c1-6(14)8-7(9(15)18-3)13-10(19-8)12-4-5-20(16,17)11-2/h11H,4-5H2,1-3H3,(H,12,13). The maximum Gasteiger partial charge on any atom is 0.358 e. The fraction of sp³-hybridized carbons (Fsp3) is 0.500. The van der Waals surface area contributed by atoms with Gasteiger partial charge in [0.05, 0.1) is 12.9 Å². The Hall–Kier alpha value is -1.52. The molecule has 1 aromatic rings. The van der Waals surface area contributed by atoms with Crippen LogP contribution in [0.25, 0.3) is 0 Å². The molecule has 0 atom stereocenters. The molecule has 0 fully saturated rings. The van der Waals surface area contributed by atoms with E-state index in [2.05, 4.69) is 19.8 Å². The number of rotatable bonds is 7. The maximum atomic E-state index is 11.5. The molecule has 0 aliphatic carbocycles. The van der Waals surface area contributed by atoms with Crippen LogP contribution in [0.4, 0.5) is 5.13 Å². The van der Waals surface area contributed by atoms with Gasteiger partial charge >= 0.3 is 5.97 Å². The normalized spacial score (nSPS) is 11.2. The summed E-state index contributed by atoms with van der Waals surface area (Å²) in [5, 5.41) is 3.05. The van der Waals surface area contributed by atoms with Gasteiger partial charge in [-0.2, -0.15) is 0 Å².